The van der Waals surface area contributed by atoms with E-state index in [2.05, 4.69) is 55.4 Å². The molecule has 0 aliphatic heterocycles. The molecule has 0 aromatic carbocycles. The van der Waals surface area contributed by atoms with Crippen LogP contribution in [-0.4, -0.2) is 5.78 Å². The summed E-state index contributed by atoms with van der Waals surface area (Å²) < 4.78 is 0. The van der Waals surface area contributed by atoms with Crippen LogP contribution in [0.2, 0.25) is 0 Å². The highest BCUT2D eigenvalue weighted by atomic mass is 16.1. The van der Waals surface area contributed by atoms with E-state index in [0.29, 0.717) is 17.6 Å². The number of Topliss-reactive ketones (excluding diaryl/α,β-unsaturated/α-hetero) is 1. The number of carbonyl (C=O) groups excluding carboxylic acids is 1. The van der Waals surface area contributed by atoms with Crippen molar-refractivity contribution < 1.29 is 4.79 Å². The molecule has 2 atom stereocenters. The Hall–Kier alpha value is -0.330. The zero-order chi connectivity index (χ0) is 20.2. The van der Waals surface area contributed by atoms with Crippen molar-refractivity contribution in [2.75, 3.05) is 0 Å². The van der Waals surface area contributed by atoms with Gasteiger partial charge in [-0.05, 0) is 24.7 Å². The molecule has 0 aliphatic rings. The molecule has 0 heterocycles. The highest BCUT2D eigenvalue weighted by Crippen LogP contribution is 2.42. The molecule has 0 spiro atoms. The van der Waals surface area contributed by atoms with Gasteiger partial charge in [-0.15, -0.1) is 0 Å². The van der Waals surface area contributed by atoms with E-state index >= 15 is 0 Å². The average Bonchev–Trinajstić information content (AvgIpc) is 2.60. The number of hydrogen-bond acceptors (Lipinski definition) is 1. The van der Waals surface area contributed by atoms with Crippen LogP contribution >= 0.6 is 0 Å². The van der Waals surface area contributed by atoms with Gasteiger partial charge in [-0.25, -0.2) is 0 Å². The molecule has 0 amide bonds. The molecule has 0 fully saturated rings. The maximum atomic E-state index is 13.4. The van der Waals surface area contributed by atoms with Gasteiger partial charge in [-0.1, -0.05) is 120 Å². The second-order valence-electron chi connectivity index (χ2n) is 9.98. The molecule has 0 radical (unpaired) electrons. The minimum Gasteiger partial charge on any atom is -0.298 e. The molecule has 156 valence electrons. The Labute approximate surface area is 166 Å². The second-order valence-corrected chi connectivity index (χ2v) is 9.98. The maximum Gasteiger partial charge on any atom is 0.144 e. The largest absolute Gasteiger partial charge is 0.298 e. The maximum absolute atomic E-state index is 13.4. The fourth-order valence-corrected chi connectivity index (χ4v) is 4.11. The topological polar surface area (TPSA) is 17.1 Å². The lowest BCUT2D eigenvalue weighted by Gasteiger charge is -2.40. The minimum absolute atomic E-state index is 0.218. The third kappa shape index (κ3) is 8.57. The van der Waals surface area contributed by atoms with E-state index in [1.54, 1.807) is 0 Å². The number of unbranched alkanes of at least 4 members (excludes halogenated alkanes) is 8. The molecule has 1 nitrogen and oxygen atoms in total. The summed E-state index contributed by atoms with van der Waals surface area (Å²) in [7, 11) is 0. The first kappa shape index (κ1) is 25.7. The number of ketones is 1. The molecular weight excluding hydrogens is 316 g/mol. The van der Waals surface area contributed by atoms with Gasteiger partial charge in [0, 0.05) is 10.8 Å². The number of rotatable bonds is 16. The molecule has 1 heteroatoms. The van der Waals surface area contributed by atoms with E-state index in [0.717, 1.165) is 0 Å². The normalized spacial score (nSPS) is 15.1. The summed E-state index contributed by atoms with van der Waals surface area (Å²) in [6.07, 6.45) is 15.5. The van der Waals surface area contributed by atoms with Gasteiger partial charge in [0.25, 0.3) is 0 Å². The first-order chi connectivity index (χ1) is 12.1. The van der Waals surface area contributed by atoms with Crippen LogP contribution in [0.1, 0.15) is 132 Å². The van der Waals surface area contributed by atoms with Crippen LogP contribution in [0, 0.1) is 22.7 Å². The van der Waals surface area contributed by atoms with Crippen LogP contribution in [0.5, 0.6) is 0 Å². The molecule has 0 N–H and O–H groups in total. The van der Waals surface area contributed by atoms with Crippen LogP contribution in [0.15, 0.2) is 0 Å². The fourth-order valence-electron chi connectivity index (χ4n) is 4.11. The predicted octanol–water partition coefficient (Wildman–Crippen LogP) is 8.60. The van der Waals surface area contributed by atoms with Gasteiger partial charge in [-0.2, -0.15) is 0 Å². The molecule has 0 rings (SSSR count). The van der Waals surface area contributed by atoms with Crippen LogP contribution in [0.4, 0.5) is 0 Å². The second kappa shape index (κ2) is 12.9. The van der Waals surface area contributed by atoms with E-state index in [1.807, 2.05) is 0 Å². The quantitative estimate of drug-likeness (QED) is 0.250. The van der Waals surface area contributed by atoms with Crippen molar-refractivity contribution in [3.05, 3.63) is 0 Å². The van der Waals surface area contributed by atoms with E-state index in [4.69, 9.17) is 0 Å². The van der Waals surface area contributed by atoms with Crippen LogP contribution in [0.3, 0.4) is 0 Å². The van der Waals surface area contributed by atoms with Crippen LogP contribution in [0.25, 0.3) is 0 Å². The van der Waals surface area contributed by atoms with Gasteiger partial charge < -0.3 is 0 Å². The summed E-state index contributed by atoms with van der Waals surface area (Å²) in [4.78, 5) is 13.4. The Bertz CT molecular complexity index is 332. The zero-order valence-corrected chi connectivity index (χ0v) is 19.5. The zero-order valence-electron chi connectivity index (χ0n) is 19.5. The van der Waals surface area contributed by atoms with Crippen molar-refractivity contribution in [2.45, 2.75) is 132 Å². The minimum atomic E-state index is -0.218. The first-order valence-electron chi connectivity index (χ1n) is 11.7. The van der Waals surface area contributed by atoms with Crippen molar-refractivity contribution in [1.29, 1.82) is 0 Å². The van der Waals surface area contributed by atoms with E-state index in [9.17, 15) is 4.79 Å². The summed E-state index contributed by atoms with van der Waals surface area (Å²) in [5.74, 6) is 1.41. The third-order valence-corrected chi connectivity index (χ3v) is 7.12. The number of carbonyl (C=O) groups is 1. The van der Waals surface area contributed by atoms with Gasteiger partial charge in [0.1, 0.15) is 5.78 Å². The van der Waals surface area contributed by atoms with Crippen molar-refractivity contribution in [3.8, 4) is 0 Å². The van der Waals surface area contributed by atoms with Gasteiger partial charge in [0.2, 0.25) is 0 Å². The standard InChI is InChI=1S/C25H50O/c1-9-11-13-15-17-19-21(3)24(5,6)23(26)25(7,8)22(4)20-18-16-14-12-10-2/h21-22H,9-20H2,1-8H3. The van der Waals surface area contributed by atoms with Gasteiger partial charge in [-0.3, -0.25) is 4.79 Å². The molecule has 2 unspecified atom stereocenters. The summed E-state index contributed by atoms with van der Waals surface area (Å²) >= 11 is 0. The number of hydrogen-bond donors (Lipinski definition) is 0. The highest BCUT2D eigenvalue weighted by Gasteiger charge is 2.44. The molecule has 0 saturated carbocycles. The summed E-state index contributed by atoms with van der Waals surface area (Å²) in [5.41, 5.74) is -0.435. The lowest BCUT2D eigenvalue weighted by molar-refractivity contribution is -0.141. The lowest BCUT2D eigenvalue weighted by Crippen LogP contribution is -2.44. The van der Waals surface area contributed by atoms with Gasteiger partial charge >= 0.3 is 0 Å². The highest BCUT2D eigenvalue weighted by molar-refractivity contribution is 5.89. The lowest BCUT2D eigenvalue weighted by atomic mass is 9.62. The summed E-state index contributed by atoms with van der Waals surface area (Å²) in [5, 5.41) is 0. The third-order valence-electron chi connectivity index (χ3n) is 7.12. The molecule has 0 aromatic rings. The van der Waals surface area contributed by atoms with Crippen LogP contribution in [-0.2, 0) is 4.79 Å². The van der Waals surface area contributed by atoms with E-state index in [-0.39, 0.29) is 10.8 Å². The van der Waals surface area contributed by atoms with E-state index < -0.39 is 0 Å². The Morgan fingerprint density at radius 3 is 1.23 bits per heavy atom. The Kier molecular flexibility index (Phi) is 12.8. The molecular formula is C25H50O. The van der Waals surface area contributed by atoms with Crippen molar-refractivity contribution in [1.82, 2.24) is 0 Å². The van der Waals surface area contributed by atoms with Crippen molar-refractivity contribution >= 4 is 5.78 Å². The van der Waals surface area contributed by atoms with Gasteiger partial charge in [0.15, 0.2) is 0 Å². The average molecular weight is 367 g/mol. The first-order valence-corrected chi connectivity index (χ1v) is 11.7. The SMILES string of the molecule is CCCCCCCC(C)C(C)(C)C(=O)C(C)(C)C(C)CCCCCCC. The molecule has 0 aliphatic carbocycles. The van der Waals surface area contributed by atoms with Crippen molar-refractivity contribution in [2.24, 2.45) is 22.7 Å². The van der Waals surface area contributed by atoms with Crippen molar-refractivity contribution in [3.63, 3.8) is 0 Å². The molecule has 0 aromatic heterocycles. The summed E-state index contributed by atoms with van der Waals surface area (Å²) in [6.45, 7) is 17.9. The molecule has 0 bridgehead atoms. The molecule has 26 heavy (non-hydrogen) atoms. The Morgan fingerprint density at radius 1 is 0.615 bits per heavy atom. The Morgan fingerprint density at radius 2 is 0.923 bits per heavy atom. The van der Waals surface area contributed by atoms with Gasteiger partial charge in [0.05, 0.1) is 0 Å². The van der Waals surface area contributed by atoms with E-state index in [1.165, 1.54) is 77.0 Å². The predicted molar refractivity (Wildman–Crippen MR) is 118 cm³/mol. The summed E-state index contributed by atoms with van der Waals surface area (Å²) in [6, 6.07) is 0. The smallest absolute Gasteiger partial charge is 0.144 e. The molecule has 0 saturated heterocycles. The fraction of sp³-hybridized carbons (Fsp3) is 0.960. The Balaban J connectivity index is 4.56. The monoisotopic (exact) mass is 366 g/mol. The van der Waals surface area contributed by atoms with Crippen LogP contribution < -0.4 is 0 Å².